The van der Waals surface area contributed by atoms with Gasteiger partial charge in [-0.3, -0.25) is 4.79 Å². The van der Waals surface area contributed by atoms with E-state index in [1.807, 2.05) is 0 Å². The summed E-state index contributed by atoms with van der Waals surface area (Å²) in [4.78, 5) is 12.6. The summed E-state index contributed by atoms with van der Waals surface area (Å²) in [5, 5.41) is 0. The van der Waals surface area contributed by atoms with Crippen molar-refractivity contribution in [1.82, 2.24) is 0 Å². The fraction of sp³-hybridized carbons (Fsp3) is 0.917. The van der Waals surface area contributed by atoms with Crippen molar-refractivity contribution in [2.45, 2.75) is 163 Å². The van der Waals surface area contributed by atoms with Gasteiger partial charge in [0.25, 0.3) is 0 Å². The SMILES string of the molecule is CCCCCCCCC(=O)OC1CC[C@@]2(C)C(=CCC3C4CCC(C(C)CCCC(C)C)[C@@]4(C)CCC32)C1. The van der Waals surface area contributed by atoms with E-state index in [1.54, 1.807) is 5.57 Å². The van der Waals surface area contributed by atoms with Gasteiger partial charge in [0.1, 0.15) is 6.10 Å². The average molecular weight is 527 g/mol. The summed E-state index contributed by atoms with van der Waals surface area (Å²) in [7, 11) is 0. The number of hydrogen-bond acceptors (Lipinski definition) is 2. The molecule has 6 unspecified atom stereocenters. The highest BCUT2D eigenvalue weighted by Crippen LogP contribution is 2.67. The van der Waals surface area contributed by atoms with Crippen LogP contribution in [0, 0.1) is 46.3 Å². The van der Waals surface area contributed by atoms with Crippen LogP contribution in [-0.4, -0.2) is 12.1 Å². The lowest BCUT2D eigenvalue weighted by Gasteiger charge is -2.58. The van der Waals surface area contributed by atoms with Gasteiger partial charge in [-0.25, -0.2) is 0 Å². The van der Waals surface area contributed by atoms with Gasteiger partial charge in [0.2, 0.25) is 0 Å². The minimum Gasteiger partial charge on any atom is -0.462 e. The van der Waals surface area contributed by atoms with Crippen molar-refractivity contribution in [2.24, 2.45) is 46.3 Å². The lowest BCUT2D eigenvalue weighted by molar-refractivity contribution is -0.151. The Morgan fingerprint density at radius 1 is 0.921 bits per heavy atom. The summed E-state index contributed by atoms with van der Waals surface area (Å²) >= 11 is 0. The number of esters is 1. The molecule has 0 spiro atoms. The van der Waals surface area contributed by atoms with Crippen molar-refractivity contribution in [3.63, 3.8) is 0 Å². The topological polar surface area (TPSA) is 26.3 Å². The number of carbonyl (C=O) groups excluding carboxylic acids is 1. The highest BCUT2D eigenvalue weighted by molar-refractivity contribution is 5.69. The van der Waals surface area contributed by atoms with Crippen molar-refractivity contribution < 1.29 is 9.53 Å². The predicted molar refractivity (Wildman–Crippen MR) is 161 cm³/mol. The molecule has 0 aromatic rings. The molecule has 0 saturated heterocycles. The van der Waals surface area contributed by atoms with Crippen LogP contribution in [0.25, 0.3) is 0 Å². The van der Waals surface area contributed by atoms with Gasteiger partial charge in [-0.2, -0.15) is 0 Å². The third kappa shape index (κ3) is 6.57. The third-order valence-corrected chi connectivity index (χ3v) is 12.3. The summed E-state index contributed by atoms with van der Waals surface area (Å²) in [6.45, 7) is 14.9. The fourth-order valence-electron chi connectivity index (χ4n) is 10.0. The van der Waals surface area contributed by atoms with E-state index in [2.05, 4.69) is 47.6 Å². The molecule has 3 fully saturated rings. The van der Waals surface area contributed by atoms with E-state index in [4.69, 9.17) is 4.74 Å². The van der Waals surface area contributed by atoms with Crippen LogP contribution in [0.1, 0.15) is 157 Å². The number of rotatable bonds is 13. The second-order valence-corrected chi connectivity index (χ2v) is 15.2. The predicted octanol–water partition coefficient (Wildman–Crippen LogP) is 10.7. The molecule has 4 rings (SSSR count). The molecule has 38 heavy (non-hydrogen) atoms. The molecule has 0 bridgehead atoms. The van der Waals surface area contributed by atoms with Crippen LogP contribution < -0.4 is 0 Å². The molecule has 0 aliphatic heterocycles. The molecule has 0 aromatic carbocycles. The van der Waals surface area contributed by atoms with Crippen LogP contribution >= 0.6 is 0 Å². The van der Waals surface area contributed by atoms with Crippen LogP contribution in [0.2, 0.25) is 0 Å². The molecule has 218 valence electrons. The Bertz CT molecular complexity index is 797. The first-order chi connectivity index (χ1) is 18.2. The molecule has 0 radical (unpaired) electrons. The van der Waals surface area contributed by atoms with E-state index in [1.165, 1.54) is 89.9 Å². The summed E-state index contributed by atoms with van der Waals surface area (Å²) in [5.41, 5.74) is 2.54. The highest BCUT2D eigenvalue weighted by atomic mass is 16.5. The molecule has 4 aliphatic carbocycles. The second-order valence-electron chi connectivity index (χ2n) is 15.2. The van der Waals surface area contributed by atoms with Crippen molar-refractivity contribution in [1.29, 1.82) is 0 Å². The number of carbonyl (C=O) groups is 1. The monoisotopic (exact) mass is 526 g/mol. The Labute approximate surface area is 236 Å². The van der Waals surface area contributed by atoms with Gasteiger partial charge in [-0.15, -0.1) is 0 Å². The Morgan fingerprint density at radius 3 is 2.45 bits per heavy atom. The zero-order valence-corrected chi connectivity index (χ0v) is 26.2. The molecular weight excluding hydrogens is 464 g/mol. The summed E-state index contributed by atoms with van der Waals surface area (Å²) in [6.07, 6.45) is 25.3. The van der Waals surface area contributed by atoms with Gasteiger partial charge >= 0.3 is 5.97 Å². The number of fused-ring (bicyclic) bond motifs is 5. The summed E-state index contributed by atoms with van der Waals surface area (Å²) in [5.74, 6) is 5.34. The van der Waals surface area contributed by atoms with Crippen LogP contribution in [0.4, 0.5) is 0 Å². The second kappa shape index (κ2) is 13.2. The molecule has 0 heterocycles. The van der Waals surface area contributed by atoms with Crippen molar-refractivity contribution >= 4 is 5.97 Å². The van der Waals surface area contributed by atoms with Crippen molar-refractivity contribution in [3.8, 4) is 0 Å². The minimum absolute atomic E-state index is 0.0522. The largest absolute Gasteiger partial charge is 0.462 e. The molecule has 0 amide bonds. The summed E-state index contributed by atoms with van der Waals surface area (Å²) in [6, 6.07) is 0. The molecule has 8 atom stereocenters. The quantitative estimate of drug-likeness (QED) is 0.135. The van der Waals surface area contributed by atoms with Crippen LogP contribution in [0.3, 0.4) is 0 Å². The molecule has 2 heteroatoms. The highest BCUT2D eigenvalue weighted by Gasteiger charge is 2.59. The van der Waals surface area contributed by atoms with Gasteiger partial charge in [-0.1, -0.05) is 105 Å². The number of allylic oxidation sites excluding steroid dienone is 1. The van der Waals surface area contributed by atoms with E-state index >= 15 is 0 Å². The maximum absolute atomic E-state index is 12.6. The molecule has 0 N–H and O–H groups in total. The zero-order valence-electron chi connectivity index (χ0n) is 26.2. The molecule has 0 aromatic heterocycles. The zero-order chi connectivity index (χ0) is 27.3. The van der Waals surface area contributed by atoms with E-state index < -0.39 is 0 Å². The maximum atomic E-state index is 12.6. The van der Waals surface area contributed by atoms with Crippen molar-refractivity contribution in [2.75, 3.05) is 0 Å². The first-order valence-corrected chi connectivity index (χ1v) is 17.1. The molecule has 2 nitrogen and oxygen atoms in total. The fourth-order valence-corrected chi connectivity index (χ4v) is 10.0. The standard InChI is InChI=1S/C36H62O2/c1-7-8-9-10-11-12-16-34(37)38-29-21-23-35(5)28(25-29)17-18-30-32-20-19-31(27(4)15-13-14-26(2)3)36(32,6)24-22-33(30)35/h17,26-27,29-33H,7-16,18-25H2,1-6H3/t27?,29?,30?,31?,32?,33?,35-,36+/m0/s1. The lowest BCUT2D eigenvalue weighted by Crippen LogP contribution is -2.51. The van der Waals surface area contributed by atoms with E-state index in [0.29, 0.717) is 17.3 Å². The van der Waals surface area contributed by atoms with Gasteiger partial charge in [-0.05, 0) is 97.7 Å². The van der Waals surface area contributed by atoms with E-state index in [9.17, 15) is 4.79 Å². The summed E-state index contributed by atoms with van der Waals surface area (Å²) < 4.78 is 6.04. The van der Waals surface area contributed by atoms with E-state index in [0.717, 1.165) is 54.8 Å². The van der Waals surface area contributed by atoms with Gasteiger partial charge in [0.05, 0.1) is 0 Å². The maximum Gasteiger partial charge on any atom is 0.306 e. The van der Waals surface area contributed by atoms with Gasteiger partial charge in [0.15, 0.2) is 0 Å². The normalized spacial score (nSPS) is 37.2. The first kappa shape index (κ1) is 30.2. The van der Waals surface area contributed by atoms with Crippen molar-refractivity contribution in [3.05, 3.63) is 11.6 Å². The Kier molecular flexibility index (Phi) is 10.5. The number of unbranched alkanes of at least 4 members (excludes halogenated alkanes) is 5. The van der Waals surface area contributed by atoms with Crippen LogP contribution in [0.15, 0.2) is 11.6 Å². The Hall–Kier alpha value is -0.790. The van der Waals surface area contributed by atoms with E-state index in [-0.39, 0.29) is 12.1 Å². The van der Waals surface area contributed by atoms with Gasteiger partial charge < -0.3 is 4.74 Å². The number of ether oxygens (including phenoxy) is 1. The van der Waals surface area contributed by atoms with Crippen LogP contribution in [-0.2, 0) is 9.53 Å². The third-order valence-electron chi connectivity index (χ3n) is 12.3. The molecule has 4 aliphatic rings. The minimum atomic E-state index is 0.0522. The molecular formula is C36H62O2. The Balaban J connectivity index is 1.31. The smallest absolute Gasteiger partial charge is 0.306 e. The lowest BCUT2D eigenvalue weighted by atomic mass is 9.47. The van der Waals surface area contributed by atoms with Gasteiger partial charge in [0, 0.05) is 12.8 Å². The number of hydrogen-bond donors (Lipinski definition) is 0. The molecule has 3 saturated carbocycles. The average Bonchev–Trinajstić information content (AvgIpc) is 3.23. The first-order valence-electron chi connectivity index (χ1n) is 17.1. The Morgan fingerprint density at radius 2 is 1.68 bits per heavy atom. The van der Waals surface area contributed by atoms with Crippen LogP contribution in [0.5, 0.6) is 0 Å².